The molecular weight excluding hydrogens is 452 g/mol. The molecule has 0 aliphatic carbocycles. The Kier molecular flexibility index (Phi) is 7.25. The minimum absolute atomic E-state index is 0.0590. The fraction of sp³-hybridized carbons (Fsp3) is 0.429. The van der Waals surface area contributed by atoms with Crippen LogP contribution in [0.5, 0.6) is 0 Å². The van der Waals surface area contributed by atoms with Crippen molar-refractivity contribution in [2.45, 2.75) is 65.4 Å². The Morgan fingerprint density at radius 2 is 1.97 bits per heavy atom. The molecule has 1 saturated heterocycles. The van der Waals surface area contributed by atoms with Crippen LogP contribution in [0.25, 0.3) is 10.9 Å². The van der Waals surface area contributed by atoms with Crippen LogP contribution in [-0.2, 0) is 24.4 Å². The van der Waals surface area contributed by atoms with Gasteiger partial charge in [0, 0.05) is 25.3 Å². The van der Waals surface area contributed by atoms with Gasteiger partial charge < -0.3 is 9.72 Å². The second-order valence-corrected chi connectivity index (χ2v) is 10.1. The molecule has 1 fully saturated rings. The average Bonchev–Trinajstić information content (AvgIpc) is 3.54. The van der Waals surface area contributed by atoms with Gasteiger partial charge in [0.1, 0.15) is 0 Å². The molecule has 2 aromatic carbocycles. The first kappa shape index (κ1) is 24.3. The van der Waals surface area contributed by atoms with Crippen molar-refractivity contribution in [1.29, 1.82) is 0 Å². The van der Waals surface area contributed by atoms with Gasteiger partial charge >= 0.3 is 0 Å². The van der Waals surface area contributed by atoms with Crippen molar-refractivity contribution in [2.24, 2.45) is 5.92 Å². The molecule has 5 rings (SSSR count). The van der Waals surface area contributed by atoms with E-state index in [1.54, 1.807) is 0 Å². The molecule has 8 nitrogen and oxygen atoms in total. The molecule has 0 unspecified atom stereocenters. The van der Waals surface area contributed by atoms with Crippen LogP contribution in [0.2, 0.25) is 0 Å². The maximum Gasteiger partial charge on any atom is 0.252 e. The number of aryl methyl sites for hydroxylation is 1. The van der Waals surface area contributed by atoms with Gasteiger partial charge in [-0.05, 0) is 58.7 Å². The van der Waals surface area contributed by atoms with E-state index in [0.29, 0.717) is 19.6 Å². The summed E-state index contributed by atoms with van der Waals surface area (Å²) in [7, 11) is 0. The average molecular weight is 487 g/mol. The molecule has 0 bridgehead atoms. The summed E-state index contributed by atoms with van der Waals surface area (Å²) in [4.78, 5) is 18.6. The van der Waals surface area contributed by atoms with Gasteiger partial charge in [-0.15, -0.1) is 5.10 Å². The summed E-state index contributed by atoms with van der Waals surface area (Å²) in [6, 6.07) is 18.4. The molecule has 0 radical (unpaired) electrons. The Labute approximate surface area is 211 Å². The van der Waals surface area contributed by atoms with Crippen LogP contribution in [0.1, 0.15) is 55.2 Å². The van der Waals surface area contributed by atoms with Gasteiger partial charge in [-0.1, -0.05) is 62.4 Å². The molecule has 1 aliphatic heterocycles. The summed E-state index contributed by atoms with van der Waals surface area (Å²) in [5.41, 5.74) is 3.80. The van der Waals surface area contributed by atoms with E-state index < -0.39 is 0 Å². The van der Waals surface area contributed by atoms with Crippen molar-refractivity contribution in [2.75, 3.05) is 6.61 Å². The van der Waals surface area contributed by atoms with Crippen molar-refractivity contribution in [1.82, 2.24) is 30.1 Å². The summed E-state index contributed by atoms with van der Waals surface area (Å²) in [5.74, 6) is 1.02. The smallest absolute Gasteiger partial charge is 0.252 e. The highest BCUT2D eigenvalue weighted by atomic mass is 16.5. The molecule has 0 saturated carbocycles. The van der Waals surface area contributed by atoms with Gasteiger partial charge in [0.05, 0.1) is 24.2 Å². The third-order valence-corrected chi connectivity index (χ3v) is 7.02. The lowest BCUT2D eigenvalue weighted by atomic mass is 9.99. The normalized spacial score (nSPS) is 16.9. The first-order valence-corrected chi connectivity index (χ1v) is 12.8. The second-order valence-electron chi connectivity index (χ2n) is 10.1. The molecule has 2 aromatic heterocycles. The van der Waals surface area contributed by atoms with Crippen molar-refractivity contribution in [3.8, 4) is 0 Å². The summed E-state index contributed by atoms with van der Waals surface area (Å²) in [5, 5.41) is 13.9. The SMILES string of the molecule is Cc1cccc2cc(CN(Cc3ccccc3)[C@@H](c3nnnn3C[C@H]3CCCO3)C(C)C)c(=O)[nH]c12. The zero-order chi connectivity index (χ0) is 25.1. The molecule has 188 valence electrons. The van der Waals surface area contributed by atoms with Crippen molar-refractivity contribution >= 4 is 10.9 Å². The zero-order valence-electron chi connectivity index (χ0n) is 21.2. The number of ether oxygens (including phenoxy) is 1. The third kappa shape index (κ3) is 5.24. The highest BCUT2D eigenvalue weighted by Crippen LogP contribution is 2.31. The van der Waals surface area contributed by atoms with Gasteiger partial charge in [0.15, 0.2) is 5.82 Å². The van der Waals surface area contributed by atoms with E-state index in [2.05, 4.69) is 51.4 Å². The number of rotatable bonds is 9. The number of nitrogens with one attached hydrogen (secondary N) is 1. The van der Waals surface area contributed by atoms with Gasteiger partial charge in [-0.2, -0.15) is 0 Å². The van der Waals surface area contributed by atoms with E-state index in [9.17, 15) is 4.79 Å². The molecule has 0 amide bonds. The van der Waals surface area contributed by atoms with Crippen LogP contribution in [-0.4, -0.2) is 42.8 Å². The molecule has 8 heteroatoms. The molecule has 1 aliphatic rings. The minimum atomic E-state index is -0.0887. The molecule has 3 heterocycles. The number of H-pyrrole nitrogens is 1. The zero-order valence-corrected chi connectivity index (χ0v) is 21.2. The van der Waals surface area contributed by atoms with Crippen LogP contribution in [0, 0.1) is 12.8 Å². The van der Waals surface area contributed by atoms with Crippen LogP contribution >= 0.6 is 0 Å². The Morgan fingerprint density at radius 1 is 1.14 bits per heavy atom. The quantitative estimate of drug-likeness (QED) is 0.377. The number of hydrogen-bond acceptors (Lipinski definition) is 6. The third-order valence-electron chi connectivity index (χ3n) is 7.02. The monoisotopic (exact) mass is 486 g/mol. The lowest BCUT2D eigenvalue weighted by Crippen LogP contribution is -2.36. The number of fused-ring (bicyclic) bond motifs is 1. The number of hydrogen-bond donors (Lipinski definition) is 1. The number of pyridine rings is 1. The van der Waals surface area contributed by atoms with Crippen molar-refractivity contribution in [3.05, 3.63) is 87.5 Å². The van der Waals surface area contributed by atoms with Crippen molar-refractivity contribution < 1.29 is 4.74 Å². The van der Waals surface area contributed by atoms with Gasteiger partial charge in [-0.3, -0.25) is 9.69 Å². The van der Waals surface area contributed by atoms with Crippen LogP contribution in [0.4, 0.5) is 0 Å². The van der Waals surface area contributed by atoms with Gasteiger partial charge in [0.2, 0.25) is 0 Å². The van der Waals surface area contributed by atoms with E-state index in [4.69, 9.17) is 4.74 Å². The largest absolute Gasteiger partial charge is 0.376 e. The van der Waals surface area contributed by atoms with Gasteiger partial charge in [-0.25, -0.2) is 4.68 Å². The molecule has 36 heavy (non-hydrogen) atoms. The van der Waals surface area contributed by atoms with E-state index >= 15 is 0 Å². The van der Waals surface area contributed by atoms with Gasteiger partial charge in [0.25, 0.3) is 5.56 Å². The Balaban J connectivity index is 1.53. The first-order valence-electron chi connectivity index (χ1n) is 12.8. The summed E-state index contributed by atoms with van der Waals surface area (Å²) in [6.07, 6.45) is 2.22. The predicted octanol–water partition coefficient (Wildman–Crippen LogP) is 4.40. The first-order chi connectivity index (χ1) is 17.5. The van der Waals surface area contributed by atoms with E-state index in [-0.39, 0.29) is 23.6 Å². The van der Waals surface area contributed by atoms with Crippen LogP contribution < -0.4 is 5.56 Å². The molecule has 0 spiro atoms. The number of para-hydroxylation sites is 1. The highest BCUT2D eigenvalue weighted by molar-refractivity contribution is 5.81. The maximum absolute atomic E-state index is 13.2. The number of aromatic nitrogens is 5. The molecule has 2 atom stereocenters. The Morgan fingerprint density at radius 3 is 2.72 bits per heavy atom. The van der Waals surface area contributed by atoms with Crippen LogP contribution in [0.15, 0.2) is 59.4 Å². The second kappa shape index (κ2) is 10.7. The fourth-order valence-electron chi connectivity index (χ4n) is 5.25. The highest BCUT2D eigenvalue weighted by Gasteiger charge is 2.31. The Bertz CT molecular complexity index is 1360. The van der Waals surface area contributed by atoms with E-state index in [0.717, 1.165) is 47.3 Å². The summed E-state index contributed by atoms with van der Waals surface area (Å²) < 4.78 is 7.76. The molecular formula is C28H34N6O2. The predicted molar refractivity (Wildman–Crippen MR) is 139 cm³/mol. The number of aromatic amines is 1. The lowest BCUT2D eigenvalue weighted by molar-refractivity contribution is 0.0851. The molecule has 4 aromatic rings. The number of benzene rings is 2. The van der Waals surface area contributed by atoms with Crippen LogP contribution in [0.3, 0.4) is 0 Å². The maximum atomic E-state index is 13.2. The Hall–Kier alpha value is -3.36. The van der Waals surface area contributed by atoms with E-state index in [1.807, 2.05) is 54.1 Å². The van der Waals surface area contributed by atoms with Crippen molar-refractivity contribution in [3.63, 3.8) is 0 Å². The lowest BCUT2D eigenvalue weighted by Gasteiger charge is -2.33. The standard InChI is InChI=1S/C28H34N6O2/c1-19(2)26(27-30-31-32-34(27)18-24-13-8-14-36-24)33(16-21-10-5-4-6-11-21)17-23-15-22-12-7-9-20(3)25(22)29-28(23)35/h4-7,9-12,15,19,24,26H,8,13-14,16-18H2,1-3H3,(H,29,35)/t24-,26-/m1/s1. The summed E-state index contributed by atoms with van der Waals surface area (Å²) >= 11 is 0. The number of tetrazole rings is 1. The fourth-order valence-corrected chi connectivity index (χ4v) is 5.25. The topological polar surface area (TPSA) is 88.9 Å². The number of nitrogens with zero attached hydrogens (tertiary/aromatic N) is 5. The summed E-state index contributed by atoms with van der Waals surface area (Å²) in [6.45, 7) is 8.96. The molecule has 1 N–H and O–H groups in total. The minimum Gasteiger partial charge on any atom is -0.376 e. The van der Waals surface area contributed by atoms with E-state index in [1.165, 1.54) is 5.56 Å².